The summed E-state index contributed by atoms with van der Waals surface area (Å²) in [5.41, 5.74) is 3.13. The quantitative estimate of drug-likeness (QED) is 0.395. The smallest absolute Gasteiger partial charge is 0.331 e. The standard InChI is InChI=1S/C21H23NO6/c1-14-10-17(15(2)22(14)8-9-25-3)18(23)12-26-21(24)7-5-16-4-6-19-20(11-16)28-13-27-19/h4-7,10-11H,8-9,12-13H2,1-3H3. The zero-order valence-electron chi connectivity index (χ0n) is 16.2. The Bertz CT molecular complexity index is 912. The zero-order valence-corrected chi connectivity index (χ0v) is 16.2. The molecule has 2 heterocycles. The fourth-order valence-corrected chi connectivity index (χ4v) is 3.05. The lowest BCUT2D eigenvalue weighted by atomic mass is 10.1. The molecular weight excluding hydrogens is 362 g/mol. The van der Waals surface area contributed by atoms with Crippen LogP contribution in [0.4, 0.5) is 0 Å². The van der Waals surface area contributed by atoms with Crippen molar-refractivity contribution in [3.05, 3.63) is 52.9 Å². The summed E-state index contributed by atoms with van der Waals surface area (Å²) in [5, 5.41) is 0. The topological polar surface area (TPSA) is 76.0 Å². The molecule has 0 N–H and O–H groups in total. The number of Topliss-reactive ketones (excluding diaryl/α,β-unsaturated/α-hetero) is 1. The van der Waals surface area contributed by atoms with E-state index in [-0.39, 0.29) is 19.2 Å². The van der Waals surface area contributed by atoms with Gasteiger partial charge in [0.1, 0.15) is 0 Å². The number of nitrogens with zero attached hydrogens (tertiary/aromatic N) is 1. The highest BCUT2D eigenvalue weighted by molar-refractivity contribution is 6.00. The first-order valence-electron chi connectivity index (χ1n) is 8.93. The molecule has 148 valence electrons. The Morgan fingerprint density at radius 3 is 2.75 bits per heavy atom. The number of hydrogen-bond donors (Lipinski definition) is 0. The van der Waals surface area contributed by atoms with Crippen LogP contribution in [0.25, 0.3) is 6.08 Å². The van der Waals surface area contributed by atoms with E-state index in [4.69, 9.17) is 18.9 Å². The molecule has 1 aliphatic rings. The maximum Gasteiger partial charge on any atom is 0.331 e. The lowest BCUT2D eigenvalue weighted by Crippen LogP contribution is -2.14. The second-order valence-corrected chi connectivity index (χ2v) is 6.41. The molecule has 0 radical (unpaired) electrons. The second kappa shape index (κ2) is 8.75. The van der Waals surface area contributed by atoms with E-state index in [2.05, 4.69) is 0 Å². The minimum absolute atomic E-state index is 0.193. The molecule has 7 heteroatoms. The second-order valence-electron chi connectivity index (χ2n) is 6.41. The molecule has 0 saturated heterocycles. The molecule has 7 nitrogen and oxygen atoms in total. The van der Waals surface area contributed by atoms with Gasteiger partial charge >= 0.3 is 5.97 Å². The number of fused-ring (bicyclic) bond motifs is 1. The third kappa shape index (κ3) is 4.43. The Morgan fingerprint density at radius 1 is 1.18 bits per heavy atom. The number of ether oxygens (including phenoxy) is 4. The third-order valence-corrected chi connectivity index (χ3v) is 4.55. The van der Waals surface area contributed by atoms with Gasteiger partial charge in [0.25, 0.3) is 0 Å². The van der Waals surface area contributed by atoms with Gasteiger partial charge in [0.05, 0.1) is 6.61 Å². The fourth-order valence-electron chi connectivity index (χ4n) is 3.05. The number of ketones is 1. The van der Waals surface area contributed by atoms with Gasteiger partial charge in [-0.2, -0.15) is 0 Å². The molecule has 1 aromatic carbocycles. The van der Waals surface area contributed by atoms with Gasteiger partial charge in [-0.05, 0) is 43.7 Å². The first-order chi connectivity index (χ1) is 13.5. The average Bonchev–Trinajstić information content (AvgIpc) is 3.26. The number of methoxy groups -OCH3 is 1. The molecule has 0 bridgehead atoms. The van der Waals surface area contributed by atoms with Gasteiger partial charge in [-0.25, -0.2) is 4.79 Å². The zero-order chi connectivity index (χ0) is 20.1. The van der Waals surface area contributed by atoms with E-state index in [9.17, 15) is 9.59 Å². The molecule has 0 aliphatic carbocycles. The fraction of sp³-hybridized carbons (Fsp3) is 0.333. The molecule has 2 aromatic rings. The third-order valence-electron chi connectivity index (χ3n) is 4.55. The SMILES string of the molecule is COCCn1c(C)cc(C(=O)COC(=O)C=Cc2ccc3c(c2)OCO3)c1C. The van der Waals surface area contributed by atoms with Crippen LogP contribution in [-0.4, -0.2) is 43.4 Å². The number of benzene rings is 1. The van der Waals surface area contributed by atoms with Crippen LogP contribution in [0, 0.1) is 13.8 Å². The molecule has 1 aromatic heterocycles. The summed E-state index contributed by atoms with van der Waals surface area (Å²) in [4.78, 5) is 24.4. The number of hydrogen-bond acceptors (Lipinski definition) is 6. The Labute approximate surface area is 163 Å². The van der Waals surface area contributed by atoms with Crippen LogP contribution < -0.4 is 9.47 Å². The monoisotopic (exact) mass is 385 g/mol. The van der Waals surface area contributed by atoms with E-state index in [0.29, 0.717) is 30.2 Å². The normalized spacial score (nSPS) is 12.5. The summed E-state index contributed by atoms with van der Waals surface area (Å²) < 4.78 is 22.7. The number of aromatic nitrogens is 1. The van der Waals surface area contributed by atoms with E-state index >= 15 is 0 Å². The van der Waals surface area contributed by atoms with Crippen LogP contribution in [0.3, 0.4) is 0 Å². The highest BCUT2D eigenvalue weighted by Crippen LogP contribution is 2.32. The maximum atomic E-state index is 12.4. The summed E-state index contributed by atoms with van der Waals surface area (Å²) in [7, 11) is 1.64. The summed E-state index contributed by atoms with van der Waals surface area (Å²) >= 11 is 0. The molecule has 3 rings (SSSR count). The van der Waals surface area contributed by atoms with Crippen molar-refractivity contribution in [2.45, 2.75) is 20.4 Å². The van der Waals surface area contributed by atoms with Crippen molar-refractivity contribution >= 4 is 17.8 Å². The molecule has 1 aliphatic heterocycles. The van der Waals surface area contributed by atoms with Gasteiger partial charge < -0.3 is 23.5 Å². The molecule has 0 saturated carbocycles. The maximum absolute atomic E-state index is 12.4. The van der Waals surface area contributed by atoms with Gasteiger partial charge in [-0.3, -0.25) is 4.79 Å². The molecule has 0 amide bonds. The first-order valence-corrected chi connectivity index (χ1v) is 8.93. The molecular formula is C21H23NO6. The number of aryl methyl sites for hydroxylation is 1. The van der Waals surface area contributed by atoms with E-state index in [0.717, 1.165) is 17.0 Å². The Morgan fingerprint density at radius 2 is 1.96 bits per heavy atom. The van der Waals surface area contributed by atoms with Crippen molar-refractivity contribution in [1.29, 1.82) is 0 Å². The van der Waals surface area contributed by atoms with Crippen LogP contribution in [0.5, 0.6) is 11.5 Å². The van der Waals surface area contributed by atoms with Crippen LogP contribution >= 0.6 is 0 Å². The molecule has 0 spiro atoms. The number of esters is 1. The molecule has 0 fully saturated rings. The van der Waals surface area contributed by atoms with Gasteiger partial charge in [0.15, 0.2) is 18.1 Å². The minimum Gasteiger partial charge on any atom is -0.454 e. The number of carbonyl (C=O) groups excluding carboxylic acids is 2. The number of rotatable bonds is 8. The first kappa shape index (κ1) is 19.7. The highest BCUT2D eigenvalue weighted by atomic mass is 16.7. The Balaban J connectivity index is 1.56. The van der Waals surface area contributed by atoms with Gasteiger partial charge in [0, 0.05) is 36.7 Å². The molecule has 0 atom stereocenters. The van der Waals surface area contributed by atoms with Crippen molar-refractivity contribution in [3.8, 4) is 11.5 Å². The van der Waals surface area contributed by atoms with Crippen LogP contribution in [0.1, 0.15) is 27.3 Å². The average molecular weight is 385 g/mol. The molecule has 28 heavy (non-hydrogen) atoms. The highest BCUT2D eigenvalue weighted by Gasteiger charge is 2.17. The van der Waals surface area contributed by atoms with Crippen molar-refractivity contribution < 1.29 is 28.5 Å². The van der Waals surface area contributed by atoms with E-state index in [1.54, 1.807) is 31.4 Å². The lowest BCUT2D eigenvalue weighted by Gasteiger charge is -2.08. The van der Waals surface area contributed by atoms with Gasteiger partial charge in [0.2, 0.25) is 12.6 Å². The van der Waals surface area contributed by atoms with Crippen LogP contribution in [0.2, 0.25) is 0 Å². The van der Waals surface area contributed by atoms with E-state index in [1.807, 2.05) is 24.5 Å². The van der Waals surface area contributed by atoms with Gasteiger partial charge in [-0.1, -0.05) is 6.07 Å². The summed E-state index contributed by atoms with van der Waals surface area (Å²) in [6.45, 7) is 4.91. The predicted molar refractivity (Wildman–Crippen MR) is 103 cm³/mol. The van der Waals surface area contributed by atoms with Gasteiger partial charge in [-0.15, -0.1) is 0 Å². The Kier molecular flexibility index (Phi) is 6.16. The Hall–Kier alpha value is -3.06. The lowest BCUT2D eigenvalue weighted by molar-refractivity contribution is -0.136. The van der Waals surface area contributed by atoms with Crippen molar-refractivity contribution in [2.75, 3.05) is 27.1 Å². The largest absolute Gasteiger partial charge is 0.454 e. The summed E-state index contributed by atoms with van der Waals surface area (Å²) in [5.74, 6) is 0.490. The van der Waals surface area contributed by atoms with Crippen molar-refractivity contribution in [2.24, 2.45) is 0 Å². The summed E-state index contributed by atoms with van der Waals surface area (Å²) in [6.07, 6.45) is 2.89. The summed E-state index contributed by atoms with van der Waals surface area (Å²) in [6, 6.07) is 7.16. The van der Waals surface area contributed by atoms with Crippen LogP contribution in [0.15, 0.2) is 30.3 Å². The van der Waals surface area contributed by atoms with Crippen molar-refractivity contribution in [1.82, 2.24) is 4.57 Å². The molecule has 0 unspecified atom stereocenters. The number of carbonyl (C=O) groups is 2. The minimum atomic E-state index is -0.584. The predicted octanol–water partition coefficient (Wildman–Crippen LogP) is 2.92. The van der Waals surface area contributed by atoms with Crippen molar-refractivity contribution in [3.63, 3.8) is 0 Å². The van der Waals surface area contributed by atoms with Crippen LogP contribution in [-0.2, 0) is 20.8 Å². The van der Waals surface area contributed by atoms with E-state index < -0.39 is 5.97 Å². The van der Waals surface area contributed by atoms with E-state index in [1.165, 1.54) is 6.08 Å².